The van der Waals surface area contributed by atoms with Crippen molar-refractivity contribution in [3.05, 3.63) is 111 Å². The van der Waals surface area contributed by atoms with Gasteiger partial charge in [-0.3, -0.25) is 14.9 Å². The molecule has 0 amide bonds. The summed E-state index contributed by atoms with van der Waals surface area (Å²) in [7, 11) is 0. The number of Topliss-reactive ketones (excluding diaryl/α,β-unsaturated/α-hetero) is 1. The van der Waals surface area contributed by atoms with Crippen molar-refractivity contribution in [2.45, 2.75) is 32.5 Å². The van der Waals surface area contributed by atoms with E-state index in [1.807, 2.05) is 55.1 Å². The van der Waals surface area contributed by atoms with Gasteiger partial charge in [0, 0.05) is 29.8 Å². The molecule has 8 nitrogen and oxygen atoms in total. The number of anilines is 2. The molecule has 2 aliphatic heterocycles. The van der Waals surface area contributed by atoms with Crippen molar-refractivity contribution in [2.75, 3.05) is 10.2 Å². The lowest BCUT2D eigenvalue weighted by Gasteiger charge is -2.42. The zero-order chi connectivity index (χ0) is 25.9. The zero-order valence-corrected chi connectivity index (χ0v) is 20.4. The molecule has 1 N–H and O–H groups in total. The molecular weight excluding hydrogens is 470 g/mol. The summed E-state index contributed by atoms with van der Waals surface area (Å²) in [6, 6.07) is 20.5. The van der Waals surface area contributed by atoms with Gasteiger partial charge in [0.05, 0.1) is 33.8 Å². The van der Waals surface area contributed by atoms with Gasteiger partial charge in [-0.05, 0) is 29.2 Å². The van der Waals surface area contributed by atoms with Gasteiger partial charge in [-0.25, -0.2) is 4.79 Å². The molecule has 0 bridgehead atoms. The SMILES string of the molecule is CC1(C)C=C2Nc3ccccc3N([C@@H]3OC(=O)c4ccccc43)[C@@H](c3cccc([N+](=O)[O-])c3)[C@H]2C(=O)C1. The Labute approximate surface area is 213 Å². The Morgan fingerprint density at radius 3 is 2.59 bits per heavy atom. The van der Waals surface area contributed by atoms with E-state index in [4.69, 9.17) is 4.74 Å². The maximum atomic E-state index is 13.9. The van der Waals surface area contributed by atoms with Gasteiger partial charge >= 0.3 is 5.97 Å². The van der Waals surface area contributed by atoms with Crippen LogP contribution in [0.2, 0.25) is 0 Å². The number of fused-ring (bicyclic) bond motifs is 3. The lowest BCUT2D eigenvalue weighted by Crippen LogP contribution is -2.42. The van der Waals surface area contributed by atoms with Crippen LogP contribution in [0.3, 0.4) is 0 Å². The van der Waals surface area contributed by atoms with Crippen LogP contribution in [-0.4, -0.2) is 16.7 Å². The molecule has 0 unspecified atom stereocenters. The number of ketones is 1. The lowest BCUT2D eigenvalue weighted by atomic mass is 9.72. The first-order valence-electron chi connectivity index (χ1n) is 12.2. The van der Waals surface area contributed by atoms with Gasteiger partial charge in [0.1, 0.15) is 5.78 Å². The van der Waals surface area contributed by atoms with E-state index in [0.29, 0.717) is 23.1 Å². The number of carbonyl (C=O) groups excluding carboxylic acids is 2. The Morgan fingerprint density at radius 2 is 1.78 bits per heavy atom. The minimum absolute atomic E-state index is 0.0157. The third-order valence-corrected chi connectivity index (χ3v) is 7.28. The predicted octanol–water partition coefficient (Wildman–Crippen LogP) is 5.94. The largest absolute Gasteiger partial charge is 0.433 e. The number of allylic oxidation sites excluding steroid dienone is 1. The molecule has 0 saturated carbocycles. The monoisotopic (exact) mass is 495 g/mol. The molecule has 37 heavy (non-hydrogen) atoms. The molecule has 0 saturated heterocycles. The molecule has 2 heterocycles. The molecule has 3 atom stereocenters. The van der Waals surface area contributed by atoms with Gasteiger partial charge in [-0.2, -0.15) is 0 Å². The predicted molar refractivity (Wildman–Crippen MR) is 138 cm³/mol. The Hall–Kier alpha value is -4.46. The van der Waals surface area contributed by atoms with Crippen LogP contribution in [0.1, 0.15) is 54.0 Å². The van der Waals surface area contributed by atoms with Crippen LogP contribution in [0.15, 0.2) is 84.6 Å². The van der Waals surface area contributed by atoms with Gasteiger partial charge in [0.2, 0.25) is 6.23 Å². The molecule has 0 radical (unpaired) electrons. The molecule has 0 fully saturated rings. The summed E-state index contributed by atoms with van der Waals surface area (Å²) in [5.74, 6) is -1.09. The second-order valence-corrected chi connectivity index (χ2v) is 10.4. The van der Waals surface area contributed by atoms with Gasteiger partial charge < -0.3 is 15.0 Å². The van der Waals surface area contributed by atoms with Gasteiger partial charge in [-0.15, -0.1) is 0 Å². The molecule has 186 valence electrons. The second-order valence-electron chi connectivity index (χ2n) is 10.4. The topological polar surface area (TPSA) is 102 Å². The summed E-state index contributed by atoms with van der Waals surface area (Å²) >= 11 is 0. The minimum Gasteiger partial charge on any atom is -0.433 e. The molecule has 3 aromatic carbocycles. The average molecular weight is 496 g/mol. The van der Waals surface area contributed by atoms with Gasteiger partial charge in [0.25, 0.3) is 5.69 Å². The average Bonchev–Trinajstić information content (AvgIpc) is 3.11. The highest BCUT2D eigenvalue weighted by Crippen LogP contribution is 2.52. The van der Waals surface area contributed by atoms with Crippen molar-refractivity contribution < 1.29 is 19.2 Å². The molecule has 1 aliphatic carbocycles. The van der Waals surface area contributed by atoms with Crippen LogP contribution in [0, 0.1) is 21.4 Å². The number of nitrogens with zero attached hydrogens (tertiary/aromatic N) is 2. The third kappa shape index (κ3) is 3.76. The first-order valence-corrected chi connectivity index (χ1v) is 12.2. The number of nitro benzene ring substituents is 1. The van der Waals surface area contributed by atoms with Crippen LogP contribution in [-0.2, 0) is 9.53 Å². The van der Waals surface area contributed by atoms with Crippen molar-refractivity contribution >= 4 is 28.8 Å². The zero-order valence-electron chi connectivity index (χ0n) is 20.4. The van der Waals surface area contributed by atoms with Crippen LogP contribution in [0.5, 0.6) is 0 Å². The summed E-state index contributed by atoms with van der Waals surface area (Å²) in [6.45, 7) is 4.03. The number of benzene rings is 3. The fourth-order valence-electron chi connectivity index (χ4n) is 5.81. The summed E-state index contributed by atoms with van der Waals surface area (Å²) in [5.41, 5.74) is 3.55. The summed E-state index contributed by atoms with van der Waals surface area (Å²) in [4.78, 5) is 40.0. The van der Waals surface area contributed by atoms with E-state index in [1.54, 1.807) is 24.3 Å². The van der Waals surface area contributed by atoms with E-state index < -0.39 is 29.1 Å². The van der Waals surface area contributed by atoms with Crippen molar-refractivity contribution in [3.63, 3.8) is 0 Å². The van der Waals surface area contributed by atoms with E-state index in [-0.39, 0.29) is 16.9 Å². The maximum absolute atomic E-state index is 13.9. The van der Waals surface area contributed by atoms with E-state index in [0.717, 1.165) is 17.1 Å². The number of ether oxygens (including phenoxy) is 1. The van der Waals surface area contributed by atoms with Crippen molar-refractivity contribution in [2.24, 2.45) is 11.3 Å². The molecular formula is C29H25N3O5. The molecule has 0 aromatic heterocycles. The smallest absolute Gasteiger partial charge is 0.340 e. The first kappa shape index (κ1) is 23.0. The Morgan fingerprint density at radius 1 is 1.03 bits per heavy atom. The molecule has 3 aromatic rings. The molecule has 6 rings (SSSR count). The Balaban J connectivity index is 1.64. The maximum Gasteiger partial charge on any atom is 0.340 e. The number of nitro groups is 1. The Bertz CT molecular complexity index is 1490. The van der Waals surface area contributed by atoms with Gasteiger partial charge in [0.15, 0.2) is 0 Å². The van der Waals surface area contributed by atoms with Crippen LogP contribution < -0.4 is 10.2 Å². The van der Waals surface area contributed by atoms with E-state index in [1.165, 1.54) is 12.1 Å². The van der Waals surface area contributed by atoms with E-state index >= 15 is 0 Å². The third-order valence-electron chi connectivity index (χ3n) is 7.28. The van der Waals surface area contributed by atoms with Crippen LogP contribution in [0.25, 0.3) is 0 Å². The van der Waals surface area contributed by atoms with Crippen LogP contribution in [0.4, 0.5) is 17.1 Å². The van der Waals surface area contributed by atoms with Crippen molar-refractivity contribution in [1.29, 1.82) is 0 Å². The number of para-hydroxylation sites is 2. The second kappa shape index (κ2) is 8.30. The first-order chi connectivity index (χ1) is 17.7. The van der Waals surface area contributed by atoms with Crippen LogP contribution >= 0.6 is 0 Å². The number of non-ortho nitro benzene ring substituents is 1. The number of carbonyl (C=O) groups is 2. The number of rotatable bonds is 3. The summed E-state index contributed by atoms with van der Waals surface area (Å²) < 4.78 is 5.96. The van der Waals surface area contributed by atoms with Gasteiger partial charge in [-0.1, -0.05) is 62.4 Å². The fourth-order valence-corrected chi connectivity index (χ4v) is 5.81. The standard InChI is InChI=1S/C29H25N3O5/c1-29(2)15-22-25(24(33)16-29)26(17-8-7-9-18(14-17)32(35)36)31(23-13-6-5-12-21(23)30-22)27-19-10-3-4-11-20(19)28(34)37-27/h3-15,25-27,30H,16H2,1-2H3/t25-,26+,27-/m1/s1. The molecule has 3 aliphatic rings. The van der Waals surface area contributed by atoms with Crippen molar-refractivity contribution in [3.8, 4) is 0 Å². The number of hydrogen-bond acceptors (Lipinski definition) is 7. The summed E-state index contributed by atoms with van der Waals surface area (Å²) in [6.07, 6.45) is 1.58. The Kier molecular flexibility index (Phi) is 5.15. The highest BCUT2D eigenvalue weighted by molar-refractivity contribution is 5.95. The highest BCUT2D eigenvalue weighted by atomic mass is 16.6. The fraction of sp³-hybridized carbons (Fsp3) is 0.241. The normalized spacial score (nSPS) is 23.6. The highest BCUT2D eigenvalue weighted by Gasteiger charge is 2.49. The van der Waals surface area contributed by atoms with E-state index in [9.17, 15) is 19.7 Å². The van der Waals surface area contributed by atoms with Crippen molar-refractivity contribution in [1.82, 2.24) is 0 Å². The summed E-state index contributed by atoms with van der Waals surface area (Å²) in [5, 5.41) is 15.2. The van der Waals surface area contributed by atoms with E-state index in [2.05, 4.69) is 11.4 Å². The number of esters is 1. The number of cyclic esters (lactones) is 1. The molecule has 8 heteroatoms. The quantitative estimate of drug-likeness (QED) is 0.273. The number of hydrogen-bond donors (Lipinski definition) is 1. The number of nitrogens with one attached hydrogen (secondary N) is 1. The minimum atomic E-state index is -0.821. The lowest BCUT2D eigenvalue weighted by molar-refractivity contribution is -0.384. The molecule has 0 spiro atoms.